The molecule has 0 aromatic heterocycles. The van der Waals surface area contributed by atoms with Gasteiger partial charge in [-0.2, -0.15) is 5.26 Å². The van der Waals surface area contributed by atoms with Crippen molar-refractivity contribution in [1.29, 1.82) is 5.26 Å². The van der Waals surface area contributed by atoms with Crippen molar-refractivity contribution in [2.75, 3.05) is 13.6 Å². The van der Waals surface area contributed by atoms with Crippen LogP contribution in [0.3, 0.4) is 0 Å². The average molecular weight is 234 g/mol. The second-order valence-electron chi connectivity index (χ2n) is 4.20. The van der Waals surface area contributed by atoms with Gasteiger partial charge in [0.2, 0.25) is 0 Å². The first kappa shape index (κ1) is 13.2. The van der Waals surface area contributed by atoms with Crippen LogP contribution in [0.1, 0.15) is 22.8 Å². The highest BCUT2D eigenvalue weighted by Gasteiger charge is 2.17. The number of nitrogens with zero attached hydrogens (tertiary/aromatic N) is 2. The molecule has 4 heteroatoms. The molecule has 0 spiro atoms. The molecule has 17 heavy (non-hydrogen) atoms. The van der Waals surface area contributed by atoms with Crippen LogP contribution in [-0.2, 0) is 0 Å². The molecule has 3 nitrogen and oxygen atoms in total. The normalized spacial score (nSPS) is 11.7. The summed E-state index contributed by atoms with van der Waals surface area (Å²) in [6.07, 6.45) is 0. The number of carbonyl (C=O) groups is 1. The molecular formula is C13H15FN2O. The van der Waals surface area contributed by atoms with Gasteiger partial charge in [0.05, 0.1) is 17.6 Å². The van der Waals surface area contributed by atoms with Crippen LogP contribution in [0.15, 0.2) is 18.2 Å². The smallest absolute Gasteiger partial charge is 0.256 e. The third-order valence-electron chi connectivity index (χ3n) is 2.47. The van der Waals surface area contributed by atoms with Crippen molar-refractivity contribution in [3.8, 4) is 6.07 Å². The van der Waals surface area contributed by atoms with E-state index in [4.69, 9.17) is 5.26 Å². The number of hydrogen-bond donors (Lipinski definition) is 0. The van der Waals surface area contributed by atoms with Crippen molar-refractivity contribution >= 4 is 5.91 Å². The van der Waals surface area contributed by atoms with Gasteiger partial charge in [-0.1, -0.05) is 11.6 Å². The van der Waals surface area contributed by atoms with Crippen LogP contribution < -0.4 is 0 Å². The summed E-state index contributed by atoms with van der Waals surface area (Å²) >= 11 is 0. The minimum Gasteiger partial charge on any atom is -0.340 e. The molecule has 1 atom stereocenters. The Bertz CT molecular complexity index is 465. The topological polar surface area (TPSA) is 44.1 Å². The molecular weight excluding hydrogens is 219 g/mol. The predicted molar refractivity (Wildman–Crippen MR) is 62.9 cm³/mol. The Morgan fingerprint density at radius 3 is 2.82 bits per heavy atom. The fraction of sp³-hybridized carbons (Fsp3) is 0.385. The summed E-state index contributed by atoms with van der Waals surface area (Å²) in [4.78, 5) is 13.3. The van der Waals surface area contributed by atoms with Crippen LogP contribution in [0, 0.1) is 30.0 Å². The van der Waals surface area contributed by atoms with E-state index in [9.17, 15) is 9.18 Å². The zero-order valence-corrected chi connectivity index (χ0v) is 10.2. The summed E-state index contributed by atoms with van der Waals surface area (Å²) in [5.41, 5.74) is 0.883. The highest BCUT2D eigenvalue weighted by molar-refractivity contribution is 5.94. The van der Waals surface area contributed by atoms with Crippen molar-refractivity contribution in [3.63, 3.8) is 0 Å². The van der Waals surface area contributed by atoms with Gasteiger partial charge in [0.1, 0.15) is 5.82 Å². The van der Waals surface area contributed by atoms with E-state index in [1.165, 1.54) is 17.0 Å². The van der Waals surface area contributed by atoms with Crippen LogP contribution in [0.5, 0.6) is 0 Å². The van der Waals surface area contributed by atoms with Gasteiger partial charge in [0, 0.05) is 13.6 Å². The van der Waals surface area contributed by atoms with Crippen LogP contribution >= 0.6 is 0 Å². The van der Waals surface area contributed by atoms with Crippen molar-refractivity contribution in [1.82, 2.24) is 4.90 Å². The number of amides is 1. The van der Waals surface area contributed by atoms with Gasteiger partial charge in [-0.3, -0.25) is 4.79 Å². The molecule has 0 saturated heterocycles. The van der Waals surface area contributed by atoms with Gasteiger partial charge in [-0.25, -0.2) is 4.39 Å². The molecule has 1 rings (SSSR count). The number of aryl methyl sites for hydroxylation is 1. The lowest BCUT2D eigenvalue weighted by molar-refractivity contribution is 0.0780. The van der Waals surface area contributed by atoms with Gasteiger partial charge in [0.15, 0.2) is 0 Å². The van der Waals surface area contributed by atoms with E-state index >= 15 is 0 Å². The second-order valence-corrected chi connectivity index (χ2v) is 4.20. The zero-order valence-electron chi connectivity index (χ0n) is 10.2. The number of benzene rings is 1. The molecule has 0 radical (unpaired) electrons. The van der Waals surface area contributed by atoms with E-state index in [-0.39, 0.29) is 11.5 Å². The Balaban J connectivity index is 2.89. The molecule has 0 aliphatic heterocycles. The molecule has 0 fully saturated rings. The Morgan fingerprint density at radius 2 is 2.24 bits per heavy atom. The summed E-state index contributed by atoms with van der Waals surface area (Å²) in [5, 5.41) is 8.67. The lowest BCUT2D eigenvalue weighted by Crippen LogP contribution is -2.31. The van der Waals surface area contributed by atoms with Crippen LogP contribution in [0.2, 0.25) is 0 Å². The standard InChI is InChI=1S/C13H15FN2O/c1-9-4-5-12(14)11(6-9)13(17)16(3)8-10(2)7-15/h4-6,10H,8H2,1-3H3. The number of carbonyl (C=O) groups excluding carboxylic acids is 1. The highest BCUT2D eigenvalue weighted by Crippen LogP contribution is 2.13. The minimum absolute atomic E-state index is 0.0534. The number of nitriles is 1. The predicted octanol–water partition coefficient (Wildman–Crippen LogP) is 2.37. The molecule has 1 aromatic carbocycles. The summed E-state index contributed by atoms with van der Waals surface area (Å²) in [6, 6.07) is 6.46. The van der Waals surface area contributed by atoms with E-state index in [0.29, 0.717) is 6.54 Å². The quantitative estimate of drug-likeness (QED) is 0.805. The summed E-state index contributed by atoms with van der Waals surface area (Å²) in [7, 11) is 1.57. The summed E-state index contributed by atoms with van der Waals surface area (Å²) < 4.78 is 13.5. The lowest BCUT2D eigenvalue weighted by atomic mass is 10.1. The number of rotatable bonds is 3. The molecule has 0 aliphatic carbocycles. The van der Waals surface area contributed by atoms with E-state index in [0.717, 1.165) is 5.56 Å². The lowest BCUT2D eigenvalue weighted by Gasteiger charge is -2.18. The van der Waals surface area contributed by atoms with Crippen LogP contribution in [-0.4, -0.2) is 24.4 Å². The van der Waals surface area contributed by atoms with Crippen LogP contribution in [0.25, 0.3) is 0 Å². The monoisotopic (exact) mass is 234 g/mol. The molecule has 0 heterocycles. The van der Waals surface area contributed by atoms with Crippen molar-refractivity contribution in [3.05, 3.63) is 35.1 Å². The first-order valence-electron chi connectivity index (χ1n) is 5.37. The third-order valence-corrected chi connectivity index (χ3v) is 2.47. The highest BCUT2D eigenvalue weighted by atomic mass is 19.1. The Kier molecular flexibility index (Phi) is 4.22. The molecule has 0 aliphatic rings. The van der Waals surface area contributed by atoms with Gasteiger partial charge >= 0.3 is 0 Å². The molecule has 1 aromatic rings. The van der Waals surface area contributed by atoms with Crippen LogP contribution in [0.4, 0.5) is 4.39 Å². The Morgan fingerprint density at radius 1 is 1.59 bits per heavy atom. The van der Waals surface area contributed by atoms with Gasteiger partial charge in [-0.05, 0) is 26.0 Å². The largest absolute Gasteiger partial charge is 0.340 e. The first-order valence-corrected chi connectivity index (χ1v) is 5.37. The summed E-state index contributed by atoms with van der Waals surface area (Å²) in [5.74, 6) is -1.19. The van der Waals surface area contributed by atoms with Crippen molar-refractivity contribution in [2.24, 2.45) is 5.92 Å². The van der Waals surface area contributed by atoms with E-state index in [1.807, 2.05) is 6.07 Å². The molecule has 1 amide bonds. The second kappa shape index (κ2) is 5.44. The van der Waals surface area contributed by atoms with Crippen molar-refractivity contribution < 1.29 is 9.18 Å². The third kappa shape index (κ3) is 3.28. The van der Waals surface area contributed by atoms with Crippen molar-refractivity contribution in [2.45, 2.75) is 13.8 Å². The SMILES string of the molecule is Cc1ccc(F)c(C(=O)N(C)CC(C)C#N)c1. The molecule has 90 valence electrons. The Hall–Kier alpha value is -1.89. The molecule has 0 bridgehead atoms. The molecule has 0 saturated carbocycles. The van der Waals surface area contributed by atoms with Gasteiger partial charge in [0.25, 0.3) is 5.91 Å². The molecule has 1 unspecified atom stereocenters. The zero-order chi connectivity index (χ0) is 13.0. The Labute approximate surface area is 100 Å². The van der Waals surface area contributed by atoms with E-state index in [2.05, 4.69) is 0 Å². The maximum absolute atomic E-state index is 13.5. The average Bonchev–Trinajstić information content (AvgIpc) is 2.31. The number of hydrogen-bond acceptors (Lipinski definition) is 2. The first-order chi connectivity index (χ1) is 7.95. The molecule has 0 N–H and O–H groups in total. The fourth-order valence-electron chi connectivity index (χ4n) is 1.54. The maximum atomic E-state index is 13.5. The summed E-state index contributed by atoms with van der Waals surface area (Å²) in [6.45, 7) is 3.81. The van der Waals surface area contributed by atoms with E-state index < -0.39 is 11.7 Å². The van der Waals surface area contributed by atoms with Gasteiger partial charge in [-0.15, -0.1) is 0 Å². The fourth-order valence-corrected chi connectivity index (χ4v) is 1.54. The van der Waals surface area contributed by atoms with E-state index in [1.54, 1.807) is 27.0 Å². The minimum atomic E-state index is -0.530. The number of halogens is 1. The van der Waals surface area contributed by atoms with Gasteiger partial charge < -0.3 is 4.90 Å². The maximum Gasteiger partial charge on any atom is 0.256 e.